The van der Waals surface area contributed by atoms with E-state index in [2.05, 4.69) is 78.9 Å². The first kappa shape index (κ1) is 95.2. The van der Waals surface area contributed by atoms with Crippen molar-refractivity contribution in [2.75, 3.05) is 0 Å². The summed E-state index contributed by atoms with van der Waals surface area (Å²) >= 11 is 0. The molecule has 21 aliphatic rings. The lowest BCUT2D eigenvalue weighted by Gasteiger charge is -2.52. The van der Waals surface area contributed by atoms with Crippen molar-refractivity contribution in [3.63, 3.8) is 0 Å². The van der Waals surface area contributed by atoms with Gasteiger partial charge in [0, 0.05) is 150 Å². The molecular weight excluding hydrogens is 1800 g/mol. The Morgan fingerprint density at radius 1 is 0.291 bits per heavy atom. The second kappa shape index (κ2) is 33.3. The summed E-state index contributed by atoms with van der Waals surface area (Å²) in [6.07, 6.45) is 5.08. The van der Waals surface area contributed by atoms with Gasteiger partial charge in [-0.05, 0) is 195 Å². The minimum Gasteiger partial charge on any atom is -0.458 e. The van der Waals surface area contributed by atoms with E-state index >= 15 is 4.79 Å². The molecule has 15 saturated carbocycles. The molecular formula is C114H122O27. The predicted molar refractivity (Wildman–Crippen MR) is 501 cm³/mol. The second-order valence-electron chi connectivity index (χ2n) is 44.4. The molecule has 27 nitrogen and oxygen atoms in total. The van der Waals surface area contributed by atoms with E-state index in [1.165, 1.54) is 13.8 Å². The molecule has 33 atom stereocenters. The van der Waals surface area contributed by atoms with E-state index in [9.17, 15) is 67.1 Å². The molecule has 0 bridgehead atoms. The first-order valence-electron chi connectivity index (χ1n) is 50.5. The van der Waals surface area contributed by atoms with Gasteiger partial charge in [0.15, 0.2) is 33.6 Å². The van der Waals surface area contributed by atoms with Gasteiger partial charge in [0.1, 0.15) is 54.0 Å². The maximum atomic E-state index is 15.4. The number of Topliss-reactive ketones (excluding diaryl/α,β-unsaturated/α-hetero) is 3. The lowest BCUT2D eigenvalue weighted by atomic mass is 9.59. The van der Waals surface area contributed by atoms with Crippen molar-refractivity contribution >= 4 is 89.0 Å². The molecule has 6 aliphatic heterocycles. The maximum Gasteiger partial charge on any atom is 0.338 e. The van der Waals surface area contributed by atoms with E-state index in [0.29, 0.717) is 110 Å². The minimum atomic E-state index is -1.78. The standard InChI is InChI=1S/C44H42O9.C36H42O9.C34H38O9/c1-23-15-17-29-25(3)38(46)50-36(29)34-31(23)21-33(45)42(34)19-20-43(52-40(48)27-11-7-5-8-12-27)35-32(24(2)16-18-30-26(4)39(47)51-37(30)35)22-44(42,43)53-41(49)28-13-9-6-10-14-28;1-7-26(38)44-35-14-13-34(25(37)15-23-17(3)9-11-21-19(5)32(40)42-30(21)28(23)34)36(35,45-27(39)8-2)16-24-18(4)10-12-22-20(6)33(41)43-31(22)29(24)35;1-15-7-9-21-17(3)30(38)40-28(21)26-23(15)13-25(37)32(26)11-12-33(42-19(5)35)27-24(14-34(32,33)43-20(6)36)16(2)8-10-22-18(4)31(39)41-29(22)27/h5-14,29-32,34-37H,1-4,15-22H2;21-24,28-31H,3-16H2,1-2H3;21-24,26-29H,1-4,7-14H2,5-6H3/t29-,30-,31-,32-,34?,35-,36-,37-,42+,43-,44-;21-,22-,23-,24-,28?,29-,30-,31-,34+,35-,36-;21-,22-,23-,24-,26?,27-,28-,29-,32+,33-,34-/m000/s1. The zero-order valence-electron chi connectivity index (χ0n) is 80.5. The molecule has 0 N–H and O–H groups in total. The Labute approximate surface area is 818 Å². The molecule has 2 aromatic carbocycles. The van der Waals surface area contributed by atoms with Crippen LogP contribution >= 0.6 is 0 Å². The first-order valence-corrected chi connectivity index (χ1v) is 50.5. The van der Waals surface area contributed by atoms with Crippen LogP contribution in [0.4, 0.5) is 0 Å². The topological polar surface area (TPSA) is 367 Å². The summed E-state index contributed by atoms with van der Waals surface area (Å²) in [6.45, 7) is 57.0. The van der Waals surface area contributed by atoms with Crippen LogP contribution in [0.15, 0.2) is 206 Å². The average molecular weight is 1920 g/mol. The van der Waals surface area contributed by atoms with Crippen molar-refractivity contribution in [2.24, 2.45) is 123 Å². The lowest BCUT2D eigenvalue weighted by Crippen LogP contribution is -2.66. The minimum absolute atomic E-state index is 0.0383. The molecule has 15 aliphatic carbocycles. The molecule has 6 heterocycles. The van der Waals surface area contributed by atoms with Crippen molar-refractivity contribution in [1.82, 2.24) is 0 Å². The highest BCUT2D eigenvalue weighted by molar-refractivity contribution is 6.00. The number of ketones is 3. The summed E-state index contributed by atoms with van der Waals surface area (Å²) in [5, 5.41) is 0. The van der Waals surface area contributed by atoms with Crippen LogP contribution in [-0.4, -0.2) is 159 Å². The zero-order valence-corrected chi connectivity index (χ0v) is 80.5. The van der Waals surface area contributed by atoms with Gasteiger partial charge in [0.05, 0.1) is 27.4 Å². The molecule has 740 valence electrons. The summed E-state index contributed by atoms with van der Waals surface area (Å²) in [4.78, 5) is 206. The van der Waals surface area contributed by atoms with Crippen molar-refractivity contribution in [1.29, 1.82) is 0 Å². The van der Waals surface area contributed by atoms with Crippen molar-refractivity contribution in [3.05, 3.63) is 218 Å². The second-order valence-corrected chi connectivity index (χ2v) is 44.4. The highest BCUT2D eigenvalue weighted by Gasteiger charge is 2.92. The van der Waals surface area contributed by atoms with Crippen LogP contribution in [0.5, 0.6) is 0 Å². The summed E-state index contributed by atoms with van der Waals surface area (Å²) in [6, 6.07) is 17.1. The molecule has 0 aromatic heterocycles. The number of carbonyl (C=O) groups excluding carboxylic acids is 15. The number of ether oxygens (including phenoxy) is 12. The molecule has 21 fully saturated rings. The Kier molecular flexibility index (Phi) is 22.5. The van der Waals surface area contributed by atoms with Crippen LogP contribution in [0, 0.1) is 123 Å². The van der Waals surface area contributed by atoms with Gasteiger partial charge in [-0.15, -0.1) is 0 Å². The van der Waals surface area contributed by atoms with Crippen LogP contribution in [0.2, 0.25) is 0 Å². The van der Waals surface area contributed by atoms with E-state index in [-0.39, 0.29) is 178 Å². The van der Waals surface area contributed by atoms with Crippen LogP contribution in [-0.2, 0) is 119 Å². The molecule has 23 rings (SSSR count). The summed E-state index contributed by atoms with van der Waals surface area (Å²) < 4.78 is 76.9. The Morgan fingerprint density at radius 3 is 0.816 bits per heavy atom. The largest absolute Gasteiger partial charge is 0.458 e. The SMILES string of the molecule is C=C1CC[C@H]2C(=C)C(=O)O[C@@H]2C2[C@H]1CC(=O)[C@]21CC[C@]2(OC(=O)CC)[C@@H]3[C@H]4OC(=O)C(=C)[C@@H]4CCC(=C)[C@@H]3C[C@@]21OC(=O)CC.C=C1CC[C@H]2C(=C)C(=O)O[C@@H]2C2[C@H]1CC(=O)[C@]21CC[C@]2(OC(=O)c3ccccc3)[C@@H]3[C@H]4OC(=O)C(=C)[C@@H]4CCC(=C)[C@@H]3C[C@@]21OC(=O)c1ccccc1.C=C1CC[C@H]2C(=C)C(=O)O[C@@H]2C2[C@H]1CC(=O)[C@]21CC[C@]2(OC(C)=O)[C@@H]3[C@H]4OC(=O)C(=C)[C@@H]4CCC(=C)[C@@H]3C[C@@]21OC(C)=O. The molecule has 6 saturated heterocycles. The monoisotopic (exact) mass is 1920 g/mol. The van der Waals surface area contributed by atoms with Crippen LogP contribution in [0.3, 0.4) is 0 Å². The molecule has 2 aromatic rings. The van der Waals surface area contributed by atoms with Gasteiger partial charge < -0.3 is 56.8 Å². The number of hydrogen-bond donors (Lipinski definition) is 0. The van der Waals surface area contributed by atoms with E-state index < -0.39 is 205 Å². The number of carbonyl (C=O) groups is 15. The van der Waals surface area contributed by atoms with Gasteiger partial charge in [-0.1, -0.05) is 163 Å². The lowest BCUT2D eigenvalue weighted by molar-refractivity contribution is -0.237. The number of hydrogen-bond acceptors (Lipinski definition) is 27. The molecule has 27 heteroatoms. The third kappa shape index (κ3) is 12.7. The van der Waals surface area contributed by atoms with Gasteiger partial charge in [0.2, 0.25) is 0 Å². The molecule has 141 heavy (non-hydrogen) atoms. The number of esters is 12. The van der Waals surface area contributed by atoms with Gasteiger partial charge in [-0.25, -0.2) is 38.4 Å². The summed E-state index contributed by atoms with van der Waals surface area (Å²) in [5.74, 6) is -14.8. The third-order valence-corrected chi connectivity index (χ3v) is 39.4. The van der Waals surface area contributed by atoms with Crippen molar-refractivity contribution in [2.45, 2.75) is 265 Å². The predicted octanol–water partition coefficient (Wildman–Crippen LogP) is 15.7. The van der Waals surface area contributed by atoms with Gasteiger partial charge in [0.25, 0.3) is 0 Å². The normalized spacial score (nSPS) is 43.3. The Hall–Kier alpha value is -12.0. The zero-order chi connectivity index (χ0) is 100. The van der Waals surface area contributed by atoms with E-state index in [0.717, 1.165) is 33.4 Å². The van der Waals surface area contributed by atoms with E-state index in [1.54, 1.807) is 74.5 Å². The molecule has 0 radical (unpaired) electrons. The van der Waals surface area contributed by atoms with Crippen LogP contribution in [0.25, 0.3) is 0 Å². The fourth-order valence-corrected chi connectivity index (χ4v) is 33.9. The maximum absolute atomic E-state index is 15.4. The number of rotatable bonds is 10. The summed E-state index contributed by atoms with van der Waals surface area (Å²) in [7, 11) is 0. The average Bonchev–Trinajstić information content (AvgIpc) is 1.48. The fourth-order valence-electron chi connectivity index (χ4n) is 33.9. The third-order valence-electron chi connectivity index (χ3n) is 39.4. The molecule has 3 unspecified atom stereocenters. The number of benzene rings is 2. The smallest absolute Gasteiger partial charge is 0.338 e. The Balaban J connectivity index is 0.000000126. The van der Waals surface area contributed by atoms with E-state index in [4.69, 9.17) is 56.8 Å². The fraction of sp³-hybridized carbons (Fsp3) is 0.553. The highest BCUT2D eigenvalue weighted by atomic mass is 16.6. The van der Waals surface area contributed by atoms with Crippen molar-refractivity contribution < 1.29 is 129 Å². The van der Waals surface area contributed by atoms with Gasteiger partial charge in [-0.2, -0.15) is 0 Å². The van der Waals surface area contributed by atoms with Gasteiger partial charge >= 0.3 is 71.6 Å². The molecule has 0 amide bonds. The summed E-state index contributed by atoms with van der Waals surface area (Å²) in [5.41, 5.74) is -5.81. The van der Waals surface area contributed by atoms with Crippen molar-refractivity contribution in [3.8, 4) is 0 Å². The first-order chi connectivity index (χ1) is 67.1. The quantitative estimate of drug-likeness (QED) is 0.0922. The number of fused-ring (bicyclic) bond motifs is 30. The number of allylic oxidation sites excluding steroid dienone is 6. The molecule has 3 spiro atoms. The Bertz CT molecular complexity index is 6120. The highest BCUT2D eigenvalue weighted by Crippen LogP contribution is 2.82. The Morgan fingerprint density at radius 2 is 0.532 bits per heavy atom. The van der Waals surface area contributed by atoms with Crippen LogP contribution in [0.1, 0.15) is 215 Å². The van der Waals surface area contributed by atoms with E-state index in [1.807, 2.05) is 0 Å². The van der Waals surface area contributed by atoms with Crippen LogP contribution < -0.4 is 0 Å². The van der Waals surface area contributed by atoms with Gasteiger partial charge in [-0.3, -0.25) is 33.6 Å².